The summed E-state index contributed by atoms with van der Waals surface area (Å²) in [5, 5.41) is 25.5. The van der Waals surface area contributed by atoms with Crippen molar-refractivity contribution < 1.29 is 19.8 Å². The lowest BCUT2D eigenvalue weighted by Crippen LogP contribution is -2.48. The molecule has 3 aliphatic carbocycles. The number of aliphatic hydroxyl groups is 2. The van der Waals surface area contributed by atoms with Crippen molar-refractivity contribution in [1.82, 2.24) is 10.6 Å². The lowest BCUT2D eigenvalue weighted by molar-refractivity contribution is -0.127. The highest BCUT2D eigenvalue weighted by atomic mass is 16.3. The number of rotatable bonds is 4. The zero-order valence-electron chi connectivity index (χ0n) is 15.7. The fourth-order valence-electron chi connectivity index (χ4n) is 4.77. The van der Waals surface area contributed by atoms with Crippen LogP contribution in [0, 0.1) is 11.8 Å². The van der Waals surface area contributed by atoms with Crippen LogP contribution in [-0.4, -0.2) is 46.3 Å². The number of amides is 2. The van der Waals surface area contributed by atoms with Crippen LogP contribution in [-0.2, 0) is 9.59 Å². The minimum absolute atomic E-state index is 0.0297. The second kappa shape index (κ2) is 9.18. The molecular weight excluding hydrogens is 332 g/mol. The summed E-state index contributed by atoms with van der Waals surface area (Å²) in [7, 11) is 0. The summed E-state index contributed by atoms with van der Waals surface area (Å²) < 4.78 is 0. The van der Waals surface area contributed by atoms with E-state index < -0.39 is 0 Å². The SMILES string of the molecule is O=C(NC1CCCC(NC(=O)C2CCC(O)CC2)C1)C1CCC(O)CC1. The highest BCUT2D eigenvalue weighted by Gasteiger charge is 2.31. The minimum Gasteiger partial charge on any atom is -0.393 e. The highest BCUT2D eigenvalue weighted by molar-refractivity contribution is 5.79. The molecule has 3 rings (SSSR count). The average molecular weight is 367 g/mol. The molecule has 3 fully saturated rings. The van der Waals surface area contributed by atoms with Crippen LogP contribution in [0.1, 0.15) is 77.0 Å². The molecule has 0 aromatic rings. The molecule has 0 spiro atoms. The van der Waals surface area contributed by atoms with Crippen LogP contribution >= 0.6 is 0 Å². The Morgan fingerprint density at radius 3 is 1.38 bits per heavy atom. The van der Waals surface area contributed by atoms with E-state index in [1.165, 1.54) is 0 Å². The third-order valence-electron chi connectivity index (χ3n) is 6.50. The predicted octanol–water partition coefficient (Wildman–Crippen LogP) is 1.63. The van der Waals surface area contributed by atoms with E-state index >= 15 is 0 Å². The Kier molecular flexibility index (Phi) is 6.92. The molecule has 2 atom stereocenters. The van der Waals surface area contributed by atoms with Gasteiger partial charge in [0.25, 0.3) is 0 Å². The first kappa shape index (κ1) is 19.6. The smallest absolute Gasteiger partial charge is 0.223 e. The van der Waals surface area contributed by atoms with Gasteiger partial charge >= 0.3 is 0 Å². The summed E-state index contributed by atoms with van der Waals surface area (Å²) in [5.41, 5.74) is 0. The molecule has 3 aliphatic rings. The fourth-order valence-corrected chi connectivity index (χ4v) is 4.77. The minimum atomic E-state index is -0.241. The maximum Gasteiger partial charge on any atom is 0.223 e. The van der Waals surface area contributed by atoms with E-state index in [9.17, 15) is 19.8 Å². The van der Waals surface area contributed by atoms with Gasteiger partial charge in [-0.2, -0.15) is 0 Å². The molecule has 6 nitrogen and oxygen atoms in total. The molecule has 6 heteroatoms. The maximum atomic E-state index is 12.5. The zero-order chi connectivity index (χ0) is 18.5. The molecule has 0 aromatic carbocycles. The van der Waals surface area contributed by atoms with E-state index in [0.717, 1.165) is 77.0 Å². The molecular formula is C20H34N2O4. The summed E-state index contributed by atoms with van der Waals surface area (Å²) >= 11 is 0. The number of aliphatic hydroxyl groups excluding tert-OH is 2. The predicted molar refractivity (Wildman–Crippen MR) is 98.3 cm³/mol. The molecule has 0 saturated heterocycles. The van der Waals surface area contributed by atoms with E-state index in [-0.39, 0.29) is 47.9 Å². The first-order valence-corrected chi connectivity index (χ1v) is 10.5. The van der Waals surface area contributed by atoms with Crippen LogP contribution in [0.5, 0.6) is 0 Å². The summed E-state index contributed by atoms with van der Waals surface area (Å²) in [6.45, 7) is 0. The molecule has 148 valence electrons. The molecule has 26 heavy (non-hydrogen) atoms. The summed E-state index contributed by atoms with van der Waals surface area (Å²) in [6.07, 6.45) is 9.26. The number of hydrogen-bond acceptors (Lipinski definition) is 4. The second-order valence-corrected chi connectivity index (χ2v) is 8.59. The summed E-state index contributed by atoms with van der Waals surface area (Å²) in [6, 6.07) is 0.281. The molecule has 0 radical (unpaired) electrons. The maximum absolute atomic E-state index is 12.5. The van der Waals surface area contributed by atoms with Gasteiger partial charge in [0.05, 0.1) is 12.2 Å². The van der Waals surface area contributed by atoms with Crippen molar-refractivity contribution in [3.05, 3.63) is 0 Å². The molecule has 0 aromatic heterocycles. The Morgan fingerprint density at radius 1 is 0.615 bits per heavy atom. The molecule has 0 bridgehead atoms. The van der Waals surface area contributed by atoms with Gasteiger partial charge in [0.15, 0.2) is 0 Å². The molecule has 3 saturated carbocycles. The molecule has 0 aliphatic heterocycles. The van der Waals surface area contributed by atoms with Crippen molar-refractivity contribution in [2.75, 3.05) is 0 Å². The number of carbonyl (C=O) groups excluding carboxylic acids is 2. The van der Waals surface area contributed by atoms with Crippen LogP contribution in [0.3, 0.4) is 0 Å². The van der Waals surface area contributed by atoms with Gasteiger partial charge in [0, 0.05) is 23.9 Å². The third-order valence-corrected chi connectivity index (χ3v) is 6.50. The topological polar surface area (TPSA) is 98.7 Å². The summed E-state index contributed by atoms with van der Waals surface area (Å²) in [5.74, 6) is 0.300. The van der Waals surface area contributed by atoms with Gasteiger partial charge in [-0.05, 0) is 77.0 Å². The van der Waals surface area contributed by atoms with E-state index in [4.69, 9.17) is 0 Å². The van der Waals surface area contributed by atoms with E-state index in [1.807, 2.05) is 0 Å². The number of hydrogen-bond donors (Lipinski definition) is 4. The van der Waals surface area contributed by atoms with Crippen molar-refractivity contribution >= 4 is 11.8 Å². The van der Waals surface area contributed by atoms with Gasteiger partial charge in [-0.1, -0.05) is 0 Å². The van der Waals surface area contributed by atoms with E-state index in [1.54, 1.807) is 0 Å². The quantitative estimate of drug-likeness (QED) is 0.608. The van der Waals surface area contributed by atoms with Crippen molar-refractivity contribution in [1.29, 1.82) is 0 Å². The van der Waals surface area contributed by atoms with Gasteiger partial charge in [0.2, 0.25) is 11.8 Å². The zero-order valence-corrected chi connectivity index (χ0v) is 15.7. The van der Waals surface area contributed by atoms with Gasteiger partial charge in [0.1, 0.15) is 0 Å². The van der Waals surface area contributed by atoms with Gasteiger partial charge in [-0.3, -0.25) is 9.59 Å². The van der Waals surface area contributed by atoms with Crippen molar-refractivity contribution in [3.63, 3.8) is 0 Å². The Balaban J connectivity index is 1.42. The Bertz CT molecular complexity index is 440. The van der Waals surface area contributed by atoms with Crippen LogP contribution in [0.15, 0.2) is 0 Å². The van der Waals surface area contributed by atoms with Crippen LogP contribution < -0.4 is 10.6 Å². The number of nitrogens with one attached hydrogen (secondary N) is 2. The molecule has 0 heterocycles. The molecule has 2 amide bonds. The normalized spacial score (nSPS) is 38.4. The van der Waals surface area contributed by atoms with E-state index in [2.05, 4.69) is 10.6 Å². The molecule has 2 unspecified atom stereocenters. The fraction of sp³-hybridized carbons (Fsp3) is 0.900. The van der Waals surface area contributed by atoms with Crippen molar-refractivity contribution in [2.24, 2.45) is 11.8 Å². The third kappa shape index (κ3) is 5.43. The van der Waals surface area contributed by atoms with Gasteiger partial charge < -0.3 is 20.8 Å². The van der Waals surface area contributed by atoms with E-state index in [0.29, 0.717) is 0 Å². The lowest BCUT2D eigenvalue weighted by atomic mass is 9.85. The Morgan fingerprint density at radius 2 is 1.00 bits per heavy atom. The monoisotopic (exact) mass is 366 g/mol. The van der Waals surface area contributed by atoms with Crippen LogP contribution in [0.25, 0.3) is 0 Å². The first-order chi connectivity index (χ1) is 12.5. The largest absolute Gasteiger partial charge is 0.393 e. The average Bonchev–Trinajstić information content (AvgIpc) is 2.63. The van der Waals surface area contributed by atoms with Crippen LogP contribution in [0.2, 0.25) is 0 Å². The standard InChI is InChI=1S/C20H34N2O4/c23-17-8-4-13(5-9-17)19(25)21-15-2-1-3-16(12-15)22-20(26)14-6-10-18(24)11-7-14/h13-18,23-24H,1-12H2,(H,21,25)(H,22,26). The Hall–Kier alpha value is -1.14. The molecule has 4 N–H and O–H groups in total. The number of carbonyl (C=O) groups is 2. The Labute approximate surface area is 156 Å². The van der Waals surface area contributed by atoms with Gasteiger partial charge in [-0.25, -0.2) is 0 Å². The summed E-state index contributed by atoms with van der Waals surface area (Å²) in [4.78, 5) is 25.0. The highest BCUT2D eigenvalue weighted by Crippen LogP contribution is 2.27. The lowest BCUT2D eigenvalue weighted by Gasteiger charge is -2.33. The second-order valence-electron chi connectivity index (χ2n) is 8.59. The van der Waals surface area contributed by atoms with Crippen molar-refractivity contribution in [2.45, 2.75) is 101 Å². The first-order valence-electron chi connectivity index (χ1n) is 10.5. The van der Waals surface area contributed by atoms with Crippen molar-refractivity contribution in [3.8, 4) is 0 Å². The van der Waals surface area contributed by atoms with Crippen LogP contribution in [0.4, 0.5) is 0 Å². The van der Waals surface area contributed by atoms with Gasteiger partial charge in [-0.15, -0.1) is 0 Å².